The molecule has 80 valence electrons. The lowest BCUT2D eigenvalue weighted by atomic mass is 10.0. The standard InChI is InChI=1S/C11H21N3/c1-5-10(6-2)7-12-11-8-14(4)13-9(11)3/h8,10,12H,5-7H2,1-4H3. The van der Waals surface area contributed by atoms with E-state index in [9.17, 15) is 0 Å². The molecule has 0 unspecified atom stereocenters. The molecule has 0 aliphatic carbocycles. The molecule has 0 saturated heterocycles. The SMILES string of the molecule is CCC(CC)CNc1cn(C)nc1C. The Bertz CT molecular complexity index is 274. The highest BCUT2D eigenvalue weighted by Crippen LogP contribution is 2.14. The maximum atomic E-state index is 4.29. The van der Waals surface area contributed by atoms with Gasteiger partial charge in [-0.05, 0) is 12.8 Å². The molecule has 1 heterocycles. The highest BCUT2D eigenvalue weighted by molar-refractivity contribution is 5.45. The Hall–Kier alpha value is -0.990. The maximum absolute atomic E-state index is 4.29. The van der Waals surface area contributed by atoms with E-state index < -0.39 is 0 Å². The van der Waals surface area contributed by atoms with Gasteiger partial charge in [-0.15, -0.1) is 0 Å². The molecule has 14 heavy (non-hydrogen) atoms. The smallest absolute Gasteiger partial charge is 0.0824 e. The fourth-order valence-corrected chi connectivity index (χ4v) is 1.60. The predicted octanol–water partition coefficient (Wildman–Crippen LogP) is 2.58. The van der Waals surface area contributed by atoms with Crippen molar-refractivity contribution in [2.24, 2.45) is 13.0 Å². The number of nitrogens with one attached hydrogen (secondary N) is 1. The molecule has 0 atom stereocenters. The van der Waals surface area contributed by atoms with E-state index in [0.717, 1.165) is 18.2 Å². The highest BCUT2D eigenvalue weighted by Gasteiger charge is 2.06. The molecule has 0 bridgehead atoms. The van der Waals surface area contributed by atoms with E-state index in [0.29, 0.717) is 0 Å². The number of hydrogen-bond donors (Lipinski definition) is 1. The minimum absolute atomic E-state index is 0.773. The average Bonchev–Trinajstić information content (AvgIpc) is 2.47. The molecular formula is C11H21N3. The lowest BCUT2D eigenvalue weighted by molar-refractivity contribution is 0.519. The van der Waals surface area contributed by atoms with Crippen molar-refractivity contribution in [3.8, 4) is 0 Å². The first-order valence-electron chi connectivity index (χ1n) is 5.41. The number of nitrogens with zero attached hydrogens (tertiary/aromatic N) is 2. The van der Waals surface area contributed by atoms with Crippen LogP contribution in [0.15, 0.2) is 6.20 Å². The molecule has 3 nitrogen and oxygen atoms in total. The number of rotatable bonds is 5. The van der Waals surface area contributed by atoms with Gasteiger partial charge in [-0.2, -0.15) is 5.10 Å². The van der Waals surface area contributed by atoms with Crippen molar-refractivity contribution >= 4 is 5.69 Å². The van der Waals surface area contributed by atoms with Gasteiger partial charge in [0.25, 0.3) is 0 Å². The van der Waals surface area contributed by atoms with Gasteiger partial charge in [0.1, 0.15) is 0 Å². The summed E-state index contributed by atoms with van der Waals surface area (Å²) < 4.78 is 1.85. The summed E-state index contributed by atoms with van der Waals surface area (Å²) in [7, 11) is 1.95. The first-order valence-corrected chi connectivity index (χ1v) is 5.41. The second kappa shape index (κ2) is 5.03. The van der Waals surface area contributed by atoms with Crippen LogP contribution < -0.4 is 5.32 Å². The van der Waals surface area contributed by atoms with Crippen molar-refractivity contribution in [2.45, 2.75) is 33.6 Å². The molecular weight excluding hydrogens is 174 g/mol. The van der Waals surface area contributed by atoms with Gasteiger partial charge in [-0.3, -0.25) is 4.68 Å². The molecule has 1 rings (SSSR count). The van der Waals surface area contributed by atoms with Crippen LogP contribution in [-0.4, -0.2) is 16.3 Å². The van der Waals surface area contributed by atoms with Gasteiger partial charge >= 0.3 is 0 Å². The largest absolute Gasteiger partial charge is 0.382 e. The van der Waals surface area contributed by atoms with Crippen LogP contribution in [0.3, 0.4) is 0 Å². The third-order valence-electron chi connectivity index (χ3n) is 2.75. The van der Waals surface area contributed by atoms with Gasteiger partial charge in [0, 0.05) is 19.8 Å². The molecule has 1 aromatic heterocycles. The van der Waals surface area contributed by atoms with Crippen LogP contribution in [0.2, 0.25) is 0 Å². The molecule has 0 amide bonds. The van der Waals surface area contributed by atoms with Gasteiger partial charge in [0.05, 0.1) is 11.4 Å². The van der Waals surface area contributed by atoms with E-state index in [4.69, 9.17) is 0 Å². The fraction of sp³-hybridized carbons (Fsp3) is 0.727. The van der Waals surface area contributed by atoms with E-state index in [2.05, 4.69) is 24.3 Å². The number of aryl methyl sites for hydroxylation is 2. The number of aromatic nitrogens is 2. The van der Waals surface area contributed by atoms with Crippen molar-refractivity contribution < 1.29 is 0 Å². The Morgan fingerprint density at radius 3 is 2.50 bits per heavy atom. The third-order valence-corrected chi connectivity index (χ3v) is 2.75. The van der Waals surface area contributed by atoms with E-state index >= 15 is 0 Å². The first-order chi connectivity index (χ1) is 6.67. The zero-order valence-electron chi connectivity index (χ0n) is 9.67. The van der Waals surface area contributed by atoms with Gasteiger partial charge in [-0.25, -0.2) is 0 Å². The van der Waals surface area contributed by atoms with Crippen LogP contribution in [0.4, 0.5) is 5.69 Å². The lowest BCUT2D eigenvalue weighted by Crippen LogP contribution is -2.12. The summed E-state index contributed by atoms with van der Waals surface area (Å²) in [5, 5.41) is 7.75. The normalized spacial score (nSPS) is 10.9. The molecule has 0 aromatic carbocycles. The minimum Gasteiger partial charge on any atom is -0.382 e. The molecule has 0 aliphatic heterocycles. The van der Waals surface area contributed by atoms with E-state index in [1.165, 1.54) is 18.5 Å². The van der Waals surface area contributed by atoms with Gasteiger partial charge < -0.3 is 5.32 Å². The molecule has 3 heteroatoms. The Morgan fingerprint density at radius 1 is 1.43 bits per heavy atom. The monoisotopic (exact) mass is 195 g/mol. The zero-order chi connectivity index (χ0) is 10.6. The Labute approximate surface area is 86.5 Å². The van der Waals surface area contributed by atoms with Crippen LogP contribution in [-0.2, 0) is 7.05 Å². The van der Waals surface area contributed by atoms with Crippen LogP contribution in [0, 0.1) is 12.8 Å². The molecule has 0 spiro atoms. The summed E-state index contributed by atoms with van der Waals surface area (Å²) in [6.45, 7) is 7.58. The Morgan fingerprint density at radius 2 is 2.07 bits per heavy atom. The average molecular weight is 195 g/mol. The molecule has 1 aromatic rings. The number of anilines is 1. The fourth-order valence-electron chi connectivity index (χ4n) is 1.60. The minimum atomic E-state index is 0.773. The summed E-state index contributed by atoms with van der Waals surface area (Å²) in [4.78, 5) is 0. The highest BCUT2D eigenvalue weighted by atomic mass is 15.3. The first kappa shape index (κ1) is 11.1. The Balaban J connectivity index is 2.48. The van der Waals surface area contributed by atoms with Crippen LogP contribution in [0.5, 0.6) is 0 Å². The van der Waals surface area contributed by atoms with Gasteiger partial charge in [0.15, 0.2) is 0 Å². The zero-order valence-corrected chi connectivity index (χ0v) is 9.67. The molecule has 1 N–H and O–H groups in total. The summed E-state index contributed by atoms with van der Waals surface area (Å²) in [5.41, 5.74) is 2.25. The summed E-state index contributed by atoms with van der Waals surface area (Å²) >= 11 is 0. The van der Waals surface area contributed by atoms with Crippen molar-refractivity contribution in [3.05, 3.63) is 11.9 Å². The predicted molar refractivity (Wildman–Crippen MR) is 60.5 cm³/mol. The van der Waals surface area contributed by atoms with Gasteiger partial charge in [-0.1, -0.05) is 26.7 Å². The summed E-state index contributed by atoms with van der Waals surface area (Å²) in [6.07, 6.45) is 4.52. The van der Waals surface area contributed by atoms with E-state index in [1.54, 1.807) is 0 Å². The maximum Gasteiger partial charge on any atom is 0.0824 e. The molecule has 0 aliphatic rings. The number of hydrogen-bond acceptors (Lipinski definition) is 2. The lowest BCUT2D eigenvalue weighted by Gasteiger charge is -2.13. The van der Waals surface area contributed by atoms with Crippen molar-refractivity contribution in [3.63, 3.8) is 0 Å². The van der Waals surface area contributed by atoms with Gasteiger partial charge in [0.2, 0.25) is 0 Å². The van der Waals surface area contributed by atoms with Crippen LogP contribution in [0.1, 0.15) is 32.4 Å². The van der Waals surface area contributed by atoms with E-state index in [-0.39, 0.29) is 0 Å². The van der Waals surface area contributed by atoms with Crippen molar-refractivity contribution in [1.29, 1.82) is 0 Å². The third kappa shape index (κ3) is 2.76. The summed E-state index contributed by atoms with van der Waals surface area (Å²) in [6, 6.07) is 0. The topological polar surface area (TPSA) is 29.9 Å². The van der Waals surface area contributed by atoms with Crippen LogP contribution >= 0.6 is 0 Å². The molecule has 0 radical (unpaired) electrons. The second-order valence-electron chi connectivity index (χ2n) is 3.87. The van der Waals surface area contributed by atoms with E-state index in [1.807, 2.05) is 24.9 Å². The quantitative estimate of drug-likeness (QED) is 0.782. The molecule has 0 fully saturated rings. The molecule has 0 saturated carbocycles. The van der Waals surface area contributed by atoms with Crippen molar-refractivity contribution in [1.82, 2.24) is 9.78 Å². The van der Waals surface area contributed by atoms with Crippen molar-refractivity contribution in [2.75, 3.05) is 11.9 Å². The Kier molecular flexibility index (Phi) is 3.98. The van der Waals surface area contributed by atoms with Crippen LogP contribution in [0.25, 0.3) is 0 Å². The summed E-state index contributed by atoms with van der Waals surface area (Å²) in [5.74, 6) is 0.773. The second-order valence-corrected chi connectivity index (χ2v) is 3.87.